The predicted octanol–water partition coefficient (Wildman–Crippen LogP) is 18.1. The van der Waals surface area contributed by atoms with Crippen LogP contribution in [0.3, 0.4) is 0 Å². The summed E-state index contributed by atoms with van der Waals surface area (Å²) in [6.45, 7) is 4.23. The minimum atomic E-state index is -4.80. The molecule has 0 fully saturated rings. The summed E-state index contributed by atoms with van der Waals surface area (Å²) in [6, 6.07) is 0. The Labute approximate surface area is 474 Å². The van der Waals surface area contributed by atoms with Gasteiger partial charge in [-0.05, 0) is 83.5 Å². The standard InChI is InChI=1S/C66H107O11P/c1-4-7-10-13-16-19-22-25-28-30-31-33-36-39-42-45-48-51-54-57-66(70)77-63(59-73-64(68)55-52-49-46-43-40-37-35-32-29-26-23-20-17-14-11-8-5-2)61-75-78(71,72)74-60-62(58-67)76-65(69)56-53-50-47-44-41-38-34-27-24-21-18-15-12-9-6-3/h7,9-10,12,16,18-19,21,25,27-28,31,33-34,39,41-42,44,48,50-51,53,62-63,67H,4-6,8,11,13-15,17,20,22-24,26,29-30,32,35-38,40,43,45-47,49,52,54-61H2,1-3H3,(H,71,72)/b10-7-,12-9-,19-16-,21-18-,28-25-,33-31-,34-27-,42-39-,44-41-,51-48-,53-50-. The third-order valence-corrected chi connectivity index (χ3v) is 13.1. The van der Waals surface area contributed by atoms with Crippen molar-refractivity contribution in [2.24, 2.45) is 0 Å². The zero-order valence-corrected chi connectivity index (χ0v) is 49.7. The van der Waals surface area contributed by atoms with Gasteiger partial charge in [-0.2, -0.15) is 0 Å². The van der Waals surface area contributed by atoms with Crippen molar-refractivity contribution in [1.82, 2.24) is 0 Å². The Morgan fingerprint density at radius 3 is 1.10 bits per heavy atom. The van der Waals surface area contributed by atoms with Crippen molar-refractivity contribution in [3.8, 4) is 0 Å². The molecule has 3 atom stereocenters. The molecular formula is C66H107O11P. The molecule has 12 heteroatoms. The van der Waals surface area contributed by atoms with E-state index in [1.807, 2.05) is 30.4 Å². The lowest BCUT2D eigenvalue weighted by Crippen LogP contribution is -2.30. The van der Waals surface area contributed by atoms with E-state index < -0.39 is 57.8 Å². The second-order valence-corrected chi connectivity index (χ2v) is 20.9. The van der Waals surface area contributed by atoms with E-state index in [1.54, 1.807) is 6.08 Å². The first-order valence-electron chi connectivity index (χ1n) is 30.1. The Morgan fingerprint density at radius 2 is 0.718 bits per heavy atom. The first kappa shape index (κ1) is 73.6. The van der Waals surface area contributed by atoms with Gasteiger partial charge >= 0.3 is 25.7 Å². The molecule has 0 aromatic rings. The molecule has 0 aliphatic rings. The van der Waals surface area contributed by atoms with E-state index in [0.717, 1.165) is 77.0 Å². The monoisotopic (exact) mass is 1110 g/mol. The molecule has 78 heavy (non-hydrogen) atoms. The molecule has 0 bridgehead atoms. The molecule has 0 aliphatic heterocycles. The number of aliphatic hydroxyl groups is 1. The summed E-state index contributed by atoms with van der Waals surface area (Å²) in [7, 11) is -4.80. The van der Waals surface area contributed by atoms with Gasteiger partial charge in [0, 0.05) is 12.8 Å². The van der Waals surface area contributed by atoms with E-state index in [1.165, 1.54) is 83.5 Å². The smallest absolute Gasteiger partial charge is 0.462 e. The van der Waals surface area contributed by atoms with Gasteiger partial charge in [-0.3, -0.25) is 23.4 Å². The average Bonchev–Trinajstić information content (AvgIpc) is 3.43. The van der Waals surface area contributed by atoms with Crippen molar-refractivity contribution < 1.29 is 52.2 Å². The molecule has 0 aromatic carbocycles. The molecule has 11 nitrogen and oxygen atoms in total. The van der Waals surface area contributed by atoms with Crippen molar-refractivity contribution in [1.29, 1.82) is 0 Å². The van der Waals surface area contributed by atoms with Crippen LogP contribution in [0, 0.1) is 0 Å². The summed E-state index contributed by atoms with van der Waals surface area (Å²) >= 11 is 0. The molecular weight excluding hydrogens is 1000 g/mol. The first-order chi connectivity index (χ1) is 38.2. The summed E-state index contributed by atoms with van der Waals surface area (Å²) in [5.41, 5.74) is 0. The van der Waals surface area contributed by atoms with Gasteiger partial charge in [0.25, 0.3) is 0 Å². The van der Waals surface area contributed by atoms with Crippen molar-refractivity contribution in [3.63, 3.8) is 0 Å². The maximum absolute atomic E-state index is 12.9. The molecule has 442 valence electrons. The summed E-state index contributed by atoms with van der Waals surface area (Å²) in [6.07, 6.45) is 74.6. The lowest BCUT2D eigenvalue weighted by molar-refractivity contribution is -0.161. The van der Waals surface area contributed by atoms with Crippen LogP contribution in [-0.4, -0.2) is 66.5 Å². The number of hydrogen-bond acceptors (Lipinski definition) is 10. The summed E-state index contributed by atoms with van der Waals surface area (Å²) < 4.78 is 39.4. The van der Waals surface area contributed by atoms with Crippen molar-refractivity contribution in [2.45, 2.75) is 238 Å². The molecule has 2 N–H and O–H groups in total. The minimum Gasteiger partial charge on any atom is -0.462 e. The van der Waals surface area contributed by atoms with Crippen molar-refractivity contribution in [2.75, 3.05) is 26.4 Å². The van der Waals surface area contributed by atoms with Crippen LogP contribution in [0.4, 0.5) is 0 Å². The number of phosphoric ester groups is 1. The molecule has 0 radical (unpaired) electrons. The lowest BCUT2D eigenvalue weighted by Gasteiger charge is -2.21. The van der Waals surface area contributed by atoms with Crippen LogP contribution in [0.25, 0.3) is 0 Å². The first-order valence-corrected chi connectivity index (χ1v) is 31.6. The van der Waals surface area contributed by atoms with Gasteiger partial charge in [0.15, 0.2) is 6.10 Å². The number of rotatable bonds is 54. The second kappa shape index (κ2) is 58.8. The topological polar surface area (TPSA) is 155 Å². The number of ether oxygens (including phenoxy) is 3. The minimum absolute atomic E-state index is 0.0301. The fraction of sp³-hybridized carbons (Fsp3) is 0.621. The highest BCUT2D eigenvalue weighted by Gasteiger charge is 2.28. The van der Waals surface area contributed by atoms with E-state index >= 15 is 0 Å². The number of esters is 3. The largest absolute Gasteiger partial charge is 0.472 e. The molecule has 0 aliphatic carbocycles. The fourth-order valence-electron chi connectivity index (χ4n) is 7.63. The Morgan fingerprint density at radius 1 is 0.385 bits per heavy atom. The number of phosphoric acid groups is 1. The normalized spacial score (nSPS) is 14.3. The molecule has 0 spiro atoms. The number of carbonyl (C=O) groups excluding carboxylic acids is 3. The number of hydrogen-bond donors (Lipinski definition) is 2. The highest BCUT2D eigenvalue weighted by Crippen LogP contribution is 2.43. The van der Waals surface area contributed by atoms with E-state index in [0.29, 0.717) is 25.7 Å². The molecule has 0 aromatic heterocycles. The highest BCUT2D eigenvalue weighted by molar-refractivity contribution is 7.47. The van der Waals surface area contributed by atoms with E-state index in [9.17, 15) is 28.9 Å². The Hall–Kier alpha value is -4.38. The highest BCUT2D eigenvalue weighted by atomic mass is 31.2. The summed E-state index contributed by atoms with van der Waals surface area (Å²) in [5.74, 6) is -1.71. The maximum Gasteiger partial charge on any atom is 0.472 e. The SMILES string of the molecule is CC/C=C\C/C=C\C/C=C\C/C=C\C/C=C\C/C=C\CCC(=O)OC(COC(=O)CCCCCCCCCCCCCCCCCCC)COP(=O)(O)OCC(CO)OC(=O)C/C=C\C/C=C\C/C=C\C/C=C\C/C=C\CC. The van der Waals surface area contributed by atoms with Crippen LogP contribution in [-0.2, 0) is 42.2 Å². The van der Waals surface area contributed by atoms with Crippen LogP contribution in [0.1, 0.15) is 226 Å². The van der Waals surface area contributed by atoms with Gasteiger partial charge in [-0.1, -0.05) is 257 Å². The Kier molecular flexibility index (Phi) is 55.5. The third-order valence-electron chi connectivity index (χ3n) is 12.1. The quantitative estimate of drug-likeness (QED) is 0.0197. The zero-order valence-electron chi connectivity index (χ0n) is 48.8. The third kappa shape index (κ3) is 56.3. The molecule has 3 unspecified atom stereocenters. The van der Waals surface area contributed by atoms with Gasteiger partial charge in [-0.15, -0.1) is 0 Å². The Balaban J connectivity index is 4.91. The van der Waals surface area contributed by atoms with E-state index in [2.05, 4.69) is 118 Å². The van der Waals surface area contributed by atoms with Gasteiger partial charge < -0.3 is 24.2 Å². The Bertz CT molecular complexity index is 1820. The molecule has 0 heterocycles. The van der Waals surface area contributed by atoms with Gasteiger partial charge in [0.05, 0.1) is 26.2 Å². The van der Waals surface area contributed by atoms with Gasteiger partial charge in [0.2, 0.25) is 0 Å². The average molecular weight is 1110 g/mol. The summed E-state index contributed by atoms with van der Waals surface area (Å²) in [5, 5.41) is 9.80. The van der Waals surface area contributed by atoms with Crippen LogP contribution < -0.4 is 0 Å². The van der Waals surface area contributed by atoms with Crippen molar-refractivity contribution in [3.05, 3.63) is 134 Å². The molecule has 0 amide bonds. The molecule has 0 saturated heterocycles. The second-order valence-electron chi connectivity index (χ2n) is 19.4. The molecule has 0 saturated carbocycles. The molecule has 0 rings (SSSR count). The fourth-order valence-corrected chi connectivity index (χ4v) is 8.42. The number of allylic oxidation sites excluding steroid dienone is 21. The zero-order chi connectivity index (χ0) is 56.9. The number of aliphatic hydroxyl groups excluding tert-OH is 1. The van der Waals surface area contributed by atoms with Crippen LogP contribution >= 0.6 is 7.82 Å². The van der Waals surface area contributed by atoms with E-state index in [-0.39, 0.29) is 25.9 Å². The number of carbonyl (C=O) groups is 3. The van der Waals surface area contributed by atoms with Crippen molar-refractivity contribution >= 4 is 25.7 Å². The van der Waals surface area contributed by atoms with Gasteiger partial charge in [-0.25, -0.2) is 4.57 Å². The van der Waals surface area contributed by atoms with Gasteiger partial charge in [0.1, 0.15) is 12.7 Å². The van der Waals surface area contributed by atoms with Crippen LogP contribution in [0.5, 0.6) is 0 Å². The summed E-state index contributed by atoms with van der Waals surface area (Å²) in [4.78, 5) is 48.5. The van der Waals surface area contributed by atoms with Crippen LogP contribution in [0.15, 0.2) is 134 Å². The van der Waals surface area contributed by atoms with E-state index in [4.69, 9.17) is 23.3 Å². The predicted molar refractivity (Wildman–Crippen MR) is 325 cm³/mol. The lowest BCUT2D eigenvalue weighted by atomic mass is 10.0. The van der Waals surface area contributed by atoms with Crippen LogP contribution in [0.2, 0.25) is 0 Å². The number of unbranched alkanes of at least 4 members (excludes halogenated alkanes) is 16. The maximum atomic E-state index is 12.9.